The van der Waals surface area contributed by atoms with E-state index in [4.69, 9.17) is 14.8 Å². The summed E-state index contributed by atoms with van der Waals surface area (Å²) < 4.78 is 5.54. The largest absolute Gasteiger partial charge is 0.461 e. The molecule has 1 aromatic heterocycles. The molecule has 0 spiro atoms. The Morgan fingerprint density at radius 3 is 2.39 bits per heavy atom. The van der Waals surface area contributed by atoms with Gasteiger partial charge in [0.05, 0.1) is 12.1 Å². The molecule has 0 aliphatic carbocycles. The highest BCUT2D eigenvalue weighted by Gasteiger charge is 2.15. The van der Waals surface area contributed by atoms with Crippen molar-refractivity contribution in [1.29, 1.82) is 0 Å². The summed E-state index contributed by atoms with van der Waals surface area (Å²) in [7, 11) is 0. The van der Waals surface area contributed by atoms with Crippen LogP contribution < -0.4 is 9.64 Å². The van der Waals surface area contributed by atoms with Gasteiger partial charge in [-0.25, -0.2) is 0 Å². The van der Waals surface area contributed by atoms with Crippen LogP contribution in [0.25, 0.3) is 22.0 Å². The topological polar surface area (TPSA) is 58.5 Å². The van der Waals surface area contributed by atoms with Crippen molar-refractivity contribution in [2.45, 2.75) is 33.6 Å². The maximum Gasteiger partial charge on any atom is 0.319 e. The highest BCUT2D eigenvalue weighted by atomic mass is 16.5. The lowest BCUT2D eigenvalue weighted by molar-refractivity contribution is 0.192. The summed E-state index contributed by atoms with van der Waals surface area (Å²) in [6.07, 6.45) is 2.08. The minimum absolute atomic E-state index is 0.0589. The third-order valence-corrected chi connectivity index (χ3v) is 4.62. The van der Waals surface area contributed by atoms with Crippen LogP contribution in [0.1, 0.15) is 32.3 Å². The number of fused-ring (bicyclic) bond motifs is 1. The van der Waals surface area contributed by atoms with Gasteiger partial charge in [0.1, 0.15) is 12.4 Å². The van der Waals surface area contributed by atoms with E-state index in [0.29, 0.717) is 6.01 Å². The van der Waals surface area contributed by atoms with Crippen LogP contribution in [-0.4, -0.2) is 41.4 Å². The third-order valence-electron chi connectivity index (χ3n) is 4.62. The van der Waals surface area contributed by atoms with E-state index < -0.39 is 0 Å². The highest BCUT2D eigenvalue weighted by molar-refractivity contribution is 5.93. The summed E-state index contributed by atoms with van der Waals surface area (Å²) in [5, 5.41) is 10.1. The fourth-order valence-electron chi connectivity index (χ4n) is 3.40. The van der Waals surface area contributed by atoms with Crippen molar-refractivity contribution in [2.75, 3.05) is 31.2 Å². The van der Waals surface area contributed by atoms with Crippen LogP contribution in [0.15, 0.2) is 42.5 Å². The van der Waals surface area contributed by atoms with E-state index in [9.17, 15) is 0 Å². The molecule has 0 radical (unpaired) electrons. The maximum atomic E-state index is 9.08. The predicted molar refractivity (Wildman–Crippen MR) is 115 cm³/mol. The molecule has 148 valence electrons. The van der Waals surface area contributed by atoms with Crippen LogP contribution in [-0.2, 0) is 0 Å². The molecule has 5 heteroatoms. The lowest BCUT2D eigenvalue weighted by Crippen LogP contribution is -2.26. The summed E-state index contributed by atoms with van der Waals surface area (Å²) in [4.78, 5) is 11.6. The molecule has 2 aromatic carbocycles. The van der Waals surface area contributed by atoms with Gasteiger partial charge in [0.25, 0.3) is 0 Å². The first-order valence-corrected chi connectivity index (χ1v) is 10.0. The van der Waals surface area contributed by atoms with Crippen molar-refractivity contribution in [1.82, 2.24) is 9.97 Å². The number of aromatic nitrogens is 2. The fourth-order valence-corrected chi connectivity index (χ4v) is 3.40. The van der Waals surface area contributed by atoms with E-state index in [1.807, 2.05) is 6.07 Å². The summed E-state index contributed by atoms with van der Waals surface area (Å²) in [6, 6.07) is 15.1. The highest BCUT2D eigenvalue weighted by Crippen LogP contribution is 2.31. The van der Waals surface area contributed by atoms with Gasteiger partial charge in [-0.1, -0.05) is 49.7 Å². The average Bonchev–Trinajstić information content (AvgIpc) is 2.71. The zero-order valence-corrected chi connectivity index (χ0v) is 17.0. The monoisotopic (exact) mass is 379 g/mol. The van der Waals surface area contributed by atoms with E-state index in [1.54, 1.807) is 0 Å². The van der Waals surface area contributed by atoms with E-state index in [-0.39, 0.29) is 13.2 Å². The minimum Gasteiger partial charge on any atom is -0.461 e. The van der Waals surface area contributed by atoms with Crippen LogP contribution in [0.2, 0.25) is 0 Å². The second-order valence-electron chi connectivity index (χ2n) is 6.99. The lowest BCUT2D eigenvalue weighted by Gasteiger charge is -2.24. The number of rotatable bonds is 9. The standard InChI is InChI=1S/C23H29N3O2/c1-4-11-26(12-5-2)22-20-16-19(18-8-6-7-17(3)15-18)9-10-21(20)24-23(25-22)28-14-13-27/h6-10,15-16,27H,4-5,11-14H2,1-3H3. The van der Waals surface area contributed by atoms with Crippen molar-refractivity contribution in [3.8, 4) is 17.1 Å². The van der Waals surface area contributed by atoms with Crippen molar-refractivity contribution < 1.29 is 9.84 Å². The van der Waals surface area contributed by atoms with Crippen molar-refractivity contribution in [3.05, 3.63) is 48.0 Å². The molecule has 0 fully saturated rings. The quantitative estimate of drug-likeness (QED) is 0.589. The van der Waals surface area contributed by atoms with Crippen molar-refractivity contribution in [3.63, 3.8) is 0 Å². The van der Waals surface area contributed by atoms with Crippen LogP contribution >= 0.6 is 0 Å². The SMILES string of the molecule is CCCN(CCC)c1nc(OCCO)nc2ccc(-c3cccc(C)c3)cc12. The van der Waals surface area contributed by atoms with Gasteiger partial charge in [-0.05, 0) is 43.0 Å². The molecule has 3 rings (SSSR count). The minimum atomic E-state index is -0.0589. The summed E-state index contributed by atoms with van der Waals surface area (Å²) in [6.45, 7) is 8.43. The molecule has 0 unspecified atom stereocenters. The number of ether oxygens (including phenoxy) is 1. The molecule has 28 heavy (non-hydrogen) atoms. The first-order chi connectivity index (χ1) is 13.7. The Balaban J connectivity index is 2.14. The van der Waals surface area contributed by atoms with E-state index in [1.165, 1.54) is 11.1 Å². The number of aryl methyl sites for hydroxylation is 1. The molecular formula is C23H29N3O2. The number of hydrogen-bond donors (Lipinski definition) is 1. The Morgan fingerprint density at radius 2 is 1.71 bits per heavy atom. The number of nitrogens with zero attached hydrogens (tertiary/aromatic N) is 3. The van der Waals surface area contributed by atoms with Crippen LogP contribution in [0.3, 0.4) is 0 Å². The van der Waals surface area contributed by atoms with E-state index >= 15 is 0 Å². The van der Waals surface area contributed by atoms with Gasteiger partial charge < -0.3 is 14.7 Å². The first kappa shape index (κ1) is 20.1. The van der Waals surface area contributed by atoms with Crippen LogP contribution in [0, 0.1) is 6.92 Å². The summed E-state index contributed by atoms with van der Waals surface area (Å²) in [5.41, 5.74) is 4.43. The molecule has 5 nitrogen and oxygen atoms in total. The summed E-state index contributed by atoms with van der Waals surface area (Å²) >= 11 is 0. The molecule has 0 aliphatic heterocycles. The molecule has 0 atom stereocenters. The fraction of sp³-hybridized carbons (Fsp3) is 0.391. The zero-order chi connectivity index (χ0) is 19.9. The molecule has 0 bridgehead atoms. The Morgan fingerprint density at radius 1 is 0.964 bits per heavy atom. The van der Waals surface area contributed by atoms with Gasteiger partial charge in [-0.15, -0.1) is 0 Å². The maximum absolute atomic E-state index is 9.08. The van der Waals surface area contributed by atoms with Gasteiger partial charge in [0.15, 0.2) is 0 Å². The summed E-state index contributed by atoms with van der Waals surface area (Å²) in [5.74, 6) is 0.899. The third kappa shape index (κ3) is 4.60. The number of aliphatic hydroxyl groups is 1. The molecule has 0 saturated carbocycles. The van der Waals surface area contributed by atoms with Crippen molar-refractivity contribution in [2.24, 2.45) is 0 Å². The average molecular weight is 380 g/mol. The second kappa shape index (κ2) is 9.51. The molecule has 0 aliphatic rings. The number of hydrogen-bond acceptors (Lipinski definition) is 5. The zero-order valence-electron chi connectivity index (χ0n) is 17.0. The molecule has 0 amide bonds. The number of aliphatic hydroxyl groups excluding tert-OH is 1. The Kier molecular flexibility index (Phi) is 6.82. The predicted octanol–water partition coefficient (Wildman–Crippen LogP) is 4.60. The van der Waals surface area contributed by atoms with Gasteiger partial charge >= 0.3 is 6.01 Å². The normalized spacial score (nSPS) is 11.0. The van der Waals surface area contributed by atoms with Crippen LogP contribution in [0.4, 0.5) is 5.82 Å². The van der Waals surface area contributed by atoms with Gasteiger partial charge in [-0.2, -0.15) is 9.97 Å². The van der Waals surface area contributed by atoms with Crippen LogP contribution in [0.5, 0.6) is 6.01 Å². The number of benzene rings is 2. The van der Waals surface area contributed by atoms with Gasteiger partial charge in [0.2, 0.25) is 0 Å². The second-order valence-corrected chi connectivity index (χ2v) is 6.99. The Labute approximate surface area is 167 Å². The molecule has 3 aromatic rings. The van der Waals surface area contributed by atoms with Crippen molar-refractivity contribution >= 4 is 16.7 Å². The van der Waals surface area contributed by atoms with Gasteiger partial charge in [-0.3, -0.25) is 0 Å². The van der Waals surface area contributed by atoms with E-state index in [2.05, 4.69) is 67.1 Å². The smallest absolute Gasteiger partial charge is 0.319 e. The van der Waals surface area contributed by atoms with E-state index in [0.717, 1.165) is 48.2 Å². The Hall–Kier alpha value is -2.66. The molecular weight excluding hydrogens is 350 g/mol. The number of anilines is 1. The molecule has 1 N–H and O–H groups in total. The first-order valence-electron chi connectivity index (χ1n) is 10.0. The van der Waals surface area contributed by atoms with Gasteiger partial charge in [0, 0.05) is 18.5 Å². The lowest BCUT2D eigenvalue weighted by atomic mass is 10.0. The Bertz CT molecular complexity index is 921. The molecule has 1 heterocycles. The molecule has 0 saturated heterocycles.